The molecule has 2 aromatic rings. The molecule has 0 amide bonds. The molecule has 0 radical (unpaired) electrons. The molecule has 2 saturated heterocycles. The summed E-state index contributed by atoms with van der Waals surface area (Å²) in [6.07, 6.45) is -12.2. The number of phenolic OH excluding ortho intramolecular Hbond substituents is 4. The van der Waals surface area contributed by atoms with Crippen LogP contribution in [0.5, 0.6) is 23.0 Å². The summed E-state index contributed by atoms with van der Waals surface area (Å²) in [6.45, 7) is 0.888. The van der Waals surface area contributed by atoms with Crippen molar-refractivity contribution in [1.29, 1.82) is 0 Å². The van der Waals surface area contributed by atoms with Gasteiger partial charge in [0.25, 0.3) is 0 Å². The van der Waals surface area contributed by atoms with E-state index in [1.165, 1.54) is 43.3 Å². The Kier molecular flexibility index (Phi) is 11.0. The summed E-state index contributed by atoms with van der Waals surface area (Å²) in [5, 5.41) is 90.5. The highest BCUT2D eigenvalue weighted by Gasteiger charge is 2.49. The first-order valence-corrected chi connectivity index (χ1v) is 13.7. The molecule has 0 aliphatic carbocycles. The number of carbonyl (C=O) groups is 1. The van der Waals surface area contributed by atoms with Gasteiger partial charge in [0.2, 0.25) is 0 Å². The predicted octanol–water partition coefficient (Wildman–Crippen LogP) is -1.02. The summed E-state index contributed by atoms with van der Waals surface area (Å²) in [4.78, 5) is 12.6. The van der Waals surface area contributed by atoms with Gasteiger partial charge in [-0.15, -0.1) is 0 Å². The van der Waals surface area contributed by atoms with Crippen molar-refractivity contribution in [2.75, 3.05) is 13.2 Å². The fraction of sp³-hybridized carbons (Fsp3) is 0.483. The molecule has 15 nitrogen and oxygen atoms in total. The molecule has 0 saturated carbocycles. The average molecular weight is 625 g/mol. The van der Waals surface area contributed by atoms with Crippen LogP contribution in [0.3, 0.4) is 0 Å². The van der Waals surface area contributed by atoms with Gasteiger partial charge in [0, 0.05) is 6.08 Å². The van der Waals surface area contributed by atoms with Crippen LogP contribution in [0.1, 0.15) is 18.1 Å². The van der Waals surface area contributed by atoms with Gasteiger partial charge in [-0.2, -0.15) is 0 Å². The number of hydrogen-bond donors (Lipinski definition) is 9. The maximum absolute atomic E-state index is 12.6. The third-order valence-electron chi connectivity index (χ3n) is 7.25. The molecule has 44 heavy (non-hydrogen) atoms. The maximum atomic E-state index is 12.6. The van der Waals surface area contributed by atoms with E-state index in [0.29, 0.717) is 11.1 Å². The first-order chi connectivity index (χ1) is 20.8. The van der Waals surface area contributed by atoms with Crippen LogP contribution in [-0.2, 0) is 34.9 Å². The monoisotopic (exact) mass is 624 g/mol. The minimum atomic E-state index is -1.70. The highest BCUT2D eigenvalue weighted by Crippen LogP contribution is 2.29. The number of carbonyl (C=O) groups excluding carboxylic acids is 1. The van der Waals surface area contributed by atoms with Gasteiger partial charge in [-0.05, 0) is 54.8 Å². The van der Waals surface area contributed by atoms with Crippen LogP contribution in [0.4, 0.5) is 0 Å². The lowest BCUT2D eigenvalue weighted by Gasteiger charge is -2.43. The zero-order chi connectivity index (χ0) is 32.1. The minimum absolute atomic E-state index is 0.0768. The maximum Gasteiger partial charge on any atom is 0.331 e. The molecule has 0 spiro atoms. The Bertz CT molecular complexity index is 1300. The Morgan fingerprint density at radius 3 is 2.11 bits per heavy atom. The minimum Gasteiger partial charge on any atom is -0.504 e. The van der Waals surface area contributed by atoms with Crippen LogP contribution in [0, 0.1) is 0 Å². The zero-order valence-electron chi connectivity index (χ0n) is 23.5. The Balaban J connectivity index is 1.45. The molecule has 0 aromatic heterocycles. The fourth-order valence-electron chi connectivity index (χ4n) is 4.66. The van der Waals surface area contributed by atoms with Crippen LogP contribution in [0.25, 0.3) is 6.08 Å². The number of ether oxygens (including phenoxy) is 5. The van der Waals surface area contributed by atoms with E-state index >= 15 is 0 Å². The van der Waals surface area contributed by atoms with Crippen LogP contribution < -0.4 is 0 Å². The van der Waals surface area contributed by atoms with E-state index < -0.39 is 79.7 Å². The molecule has 15 heteroatoms. The van der Waals surface area contributed by atoms with Crippen molar-refractivity contribution in [3.63, 3.8) is 0 Å². The van der Waals surface area contributed by atoms with Crippen molar-refractivity contribution in [3.8, 4) is 23.0 Å². The molecule has 1 unspecified atom stereocenters. The van der Waals surface area contributed by atoms with Crippen molar-refractivity contribution in [2.24, 2.45) is 0 Å². The third kappa shape index (κ3) is 7.95. The van der Waals surface area contributed by atoms with Crippen molar-refractivity contribution >= 4 is 12.0 Å². The normalized spacial score (nSPS) is 32.5. The smallest absolute Gasteiger partial charge is 0.331 e. The molecular weight excluding hydrogens is 588 g/mol. The molecule has 10 atom stereocenters. The molecule has 2 aliphatic rings. The van der Waals surface area contributed by atoms with Gasteiger partial charge in [-0.25, -0.2) is 4.79 Å². The van der Waals surface area contributed by atoms with Crippen molar-refractivity contribution in [3.05, 3.63) is 53.6 Å². The Labute approximate surface area is 251 Å². The number of aliphatic hydroxyl groups is 5. The number of benzene rings is 2. The van der Waals surface area contributed by atoms with Gasteiger partial charge in [0.1, 0.15) is 36.6 Å². The number of phenols is 4. The first kappa shape index (κ1) is 33.4. The van der Waals surface area contributed by atoms with Crippen molar-refractivity contribution < 1.29 is 74.4 Å². The van der Waals surface area contributed by atoms with Crippen LogP contribution in [0.2, 0.25) is 0 Å². The third-order valence-corrected chi connectivity index (χ3v) is 7.25. The van der Waals surface area contributed by atoms with Gasteiger partial charge in [0.15, 0.2) is 41.7 Å². The second-order valence-electron chi connectivity index (χ2n) is 10.5. The number of esters is 1. The first-order valence-electron chi connectivity index (χ1n) is 13.7. The lowest BCUT2D eigenvalue weighted by molar-refractivity contribution is -0.328. The van der Waals surface area contributed by atoms with E-state index in [2.05, 4.69) is 0 Å². The second-order valence-corrected chi connectivity index (χ2v) is 10.5. The summed E-state index contributed by atoms with van der Waals surface area (Å²) in [7, 11) is 0. The topological polar surface area (TPSA) is 245 Å². The van der Waals surface area contributed by atoms with E-state index in [9.17, 15) is 50.8 Å². The number of aliphatic hydroxyl groups excluding tert-OH is 5. The Morgan fingerprint density at radius 1 is 0.773 bits per heavy atom. The van der Waals surface area contributed by atoms with Gasteiger partial charge >= 0.3 is 5.97 Å². The molecule has 2 aromatic carbocycles. The number of aromatic hydroxyl groups is 4. The summed E-state index contributed by atoms with van der Waals surface area (Å²) in [6, 6.07) is 7.99. The zero-order valence-corrected chi connectivity index (χ0v) is 23.5. The predicted molar refractivity (Wildman–Crippen MR) is 147 cm³/mol. The quantitative estimate of drug-likeness (QED) is 0.0873. The van der Waals surface area contributed by atoms with Gasteiger partial charge in [-0.1, -0.05) is 12.1 Å². The van der Waals surface area contributed by atoms with E-state index in [4.69, 9.17) is 23.7 Å². The lowest BCUT2D eigenvalue weighted by Crippen LogP contribution is -2.62. The number of rotatable bonds is 10. The summed E-state index contributed by atoms with van der Waals surface area (Å²) in [5.74, 6) is -2.39. The lowest BCUT2D eigenvalue weighted by atomic mass is 9.98. The van der Waals surface area contributed by atoms with Crippen LogP contribution in [-0.4, -0.2) is 127 Å². The molecule has 9 N–H and O–H groups in total. The molecule has 0 bridgehead atoms. The molecule has 4 rings (SSSR count). The number of hydrogen-bond acceptors (Lipinski definition) is 15. The average Bonchev–Trinajstić information content (AvgIpc) is 2.99. The summed E-state index contributed by atoms with van der Waals surface area (Å²) in [5.41, 5.74) is 0.919. The molecule has 2 heterocycles. The van der Waals surface area contributed by atoms with Gasteiger partial charge in [-0.3, -0.25) is 0 Å². The van der Waals surface area contributed by atoms with Crippen molar-refractivity contribution in [1.82, 2.24) is 0 Å². The van der Waals surface area contributed by atoms with E-state index in [1.54, 1.807) is 6.07 Å². The summed E-state index contributed by atoms with van der Waals surface area (Å²) >= 11 is 0. The van der Waals surface area contributed by atoms with E-state index in [0.717, 1.165) is 6.08 Å². The standard InChI is InChI=1S/C29H36O15/c1-13-22(35)24(37)25(38)28(42-13)41-12-20-23(36)27(44-21(34)7-4-14-2-5-16(30)18(32)10-14)26(39)29(43-20)40-9-8-15-3-6-17(31)19(33)11-15/h2-7,10-11,13,20,22-33,35-39H,8-9,12H2,1H3/b7-4+/t13-,20+,22-,23+,24-,25+,26+,27?,28+,29+/m0/s1. The van der Waals surface area contributed by atoms with Crippen LogP contribution in [0.15, 0.2) is 42.5 Å². The summed E-state index contributed by atoms with van der Waals surface area (Å²) < 4.78 is 27.7. The molecule has 2 fully saturated rings. The fourth-order valence-corrected chi connectivity index (χ4v) is 4.66. The van der Waals surface area contributed by atoms with Gasteiger partial charge < -0.3 is 69.6 Å². The largest absolute Gasteiger partial charge is 0.504 e. The Morgan fingerprint density at radius 2 is 1.43 bits per heavy atom. The van der Waals surface area contributed by atoms with Crippen molar-refractivity contribution in [2.45, 2.75) is 74.8 Å². The van der Waals surface area contributed by atoms with E-state index in [-0.39, 0.29) is 30.3 Å². The molecular formula is C29H36O15. The SMILES string of the molecule is C[C@@H]1O[C@@H](OC[C@H]2O[C@@H](OCCc3ccc(O)c(O)c3)[C@H](O)C(OC(=O)/C=C/c3ccc(O)c(O)c3)[C@@H]2O)[C@H](O)[C@@H](O)[C@H]1O. The Hall–Kier alpha value is -3.51. The molecule has 2 aliphatic heterocycles. The second kappa shape index (κ2) is 14.5. The van der Waals surface area contributed by atoms with Crippen LogP contribution >= 0.6 is 0 Å². The molecule has 242 valence electrons. The highest BCUT2D eigenvalue weighted by atomic mass is 16.7. The van der Waals surface area contributed by atoms with Gasteiger partial charge in [0.05, 0.1) is 19.3 Å². The van der Waals surface area contributed by atoms with E-state index in [1.807, 2.05) is 0 Å². The highest BCUT2D eigenvalue weighted by molar-refractivity contribution is 5.87.